The van der Waals surface area contributed by atoms with E-state index in [1.54, 1.807) is 0 Å². The summed E-state index contributed by atoms with van der Waals surface area (Å²) >= 11 is 0. The maximum Gasteiger partial charge on any atom is 0.220 e. The van der Waals surface area contributed by atoms with Crippen molar-refractivity contribution in [2.75, 3.05) is 26.2 Å². The Morgan fingerprint density at radius 1 is 1.23 bits per heavy atom. The predicted octanol–water partition coefficient (Wildman–Crippen LogP) is 1.71. The number of ether oxygens (including phenoxy) is 1. The van der Waals surface area contributed by atoms with Gasteiger partial charge in [0, 0.05) is 26.1 Å². The minimum Gasteiger partial charge on any atom is -0.491 e. The molecule has 124 valence electrons. The van der Waals surface area contributed by atoms with Gasteiger partial charge in [0.1, 0.15) is 18.5 Å². The molecule has 0 aliphatic carbocycles. The zero-order valence-corrected chi connectivity index (χ0v) is 13.4. The summed E-state index contributed by atoms with van der Waals surface area (Å²) in [5.74, 6) is 0.851. The van der Waals surface area contributed by atoms with Gasteiger partial charge in [-0.15, -0.1) is 0 Å². The lowest BCUT2D eigenvalue weighted by molar-refractivity contribution is -0.121. The van der Waals surface area contributed by atoms with E-state index in [4.69, 9.17) is 4.74 Å². The first-order valence-corrected chi connectivity index (χ1v) is 8.05. The summed E-state index contributed by atoms with van der Waals surface area (Å²) in [6, 6.07) is 9.41. The van der Waals surface area contributed by atoms with E-state index < -0.39 is 6.10 Å². The van der Waals surface area contributed by atoms with Crippen LogP contribution < -0.4 is 15.4 Å². The first-order chi connectivity index (χ1) is 10.7. The first kappa shape index (κ1) is 18.5. The molecule has 0 aliphatic heterocycles. The minimum atomic E-state index is -0.569. The monoisotopic (exact) mass is 308 g/mol. The number of carbonyl (C=O) groups is 1. The van der Waals surface area contributed by atoms with Crippen LogP contribution in [0.2, 0.25) is 0 Å². The van der Waals surface area contributed by atoms with Gasteiger partial charge < -0.3 is 20.5 Å². The van der Waals surface area contributed by atoms with Crippen LogP contribution >= 0.6 is 0 Å². The third-order valence-electron chi connectivity index (χ3n) is 3.20. The fourth-order valence-corrected chi connectivity index (χ4v) is 1.95. The summed E-state index contributed by atoms with van der Waals surface area (Å²) in [6.07, 6.45) is 3.20. The molecule has 3 N–H and O–H groups in total. The van der Waals surface area contributed by atoms with E-state index in [0.29, 0.717) is 26.1 Å². The molecule has 1 rings (SSSR count). The Balaban J connectivity index is 1.96. The average molecular weight is 308 g/mol. The molecule has 0 saturated carbocycles. The maximum atomic E-state index is 11.5. The van der Waals surface area contributed by atoms with E-state index in [1.807, 2.05) is 30.3 Å². The summed E-state index contributed by atoms with van der Waals surface area (Å²) in [5, 5.41) is 15.7. The molecule has 0 spiro atoms. The van der Waals surface area contributed by atoms with E-state index in [0.717, 1.165) is 25.0 Å². The lowest BCUT2D eigenvalue weighted by Gasteiger charge is -2.13. The molecule has 1 atom stereocenters. The molecule has 5 heteroatoms. The molecule has 1 aromatic carbocycles. The van der Waals surface area contributed by atoms with Crippen LogP contribution in [0.4, 0.5) is 0 Å². The van der Waals surface area contributed by atoms with Crippen LogP contribution in [0, 0.1) is 0 Å². The van der Waals surface area contributed by atoms with Crippen molar-refractivity contribution < 1.29 is 14.6 Å². The molecule has 5 nitrogen and oxygen atoms in total. The quantitative estimate of drug-likeness (QED) is 0.514. The molecule has 0 radical (unpaired) electrons. The second kappa shape index (κ2) is 12.0. The van der Waals surface area contributed by atoms with Gasteiger partial charge in [0.2, 0.25) is 5.91 Å². The normalized spacial score (nSPS) is 11.9. The van der Waals surface area contributed by atoms with Gasteiger partial charge in [-0.25, -0.2) is 0 Å². The van der Waals surface area contributed by atoms with E-state index in [2.05, 4.69) is 17.6 Å². The van der Waals surface area contributed by atoms with Crippen LogP contribution in [0.1, 0.15) is 32.6 Å². The number of amides is 1. The van der Waals surface area contributed by atoms with Crippen LogP contribution in [-0.4, -0.2) is 43.4 Å². The lowest BCUT2D eigenvalue weighted by Crippen LogP contribution is -2.37. The molecule has 22 heavy (non-hydrogen) atoms. The van der Waals surface area contributed by atoms with E-state index >= 15 is 0 Å². The second-order valence-corrected chi connectivity index (χ2v) is 5.29. The van der Waals surface area contributed by atoms with Crippen LogP contribution in [0.15, 0.2) is 30.3 Å². The third-order valence-corrected chi connectivity index (χ3v) is 3.20. The van der Waals surface area contributed by atoms with Crippen molar-refractivity contribution in [3.63, 3.8) is 0 Å². The fourth-order valence-electron chi connectivity index (χ4n) is 1.95. The van der Waals surface area contributed by atoms with Crippen molar-refractivity contribution in [3.05, 3.63) is 30.3 Å². The van der Waals surface area contributed by atoms with Gasteiger partial charge in [-0.1, -0.05) is 38.0 Å². The van der Waals surface area contributed by atoms with Gasteiger partial charge in [0.15, 0.2) is 0 Å². The number of unbranched alkanes of at least 4 members (excludes halogenated alkanes) is 2. The molecule has 0 aromatic heterocycles. The second-order valence-electron chi connectivity index (χ2n) is 5.29. The Morgan fingerprint density at radius 3 is 2.73 bits per heavy atom. The predicted molar refractivity (Wildman–Crippen MR) is 88.0 cm³/mol. The molecular formula is C17H28N2O3. The Hall–Kier alpha value is -1.59. The standard InChI is InChI=1S/C17H28N2O3/c1-2-3-5-10-17(21)19-12-11-18-13-15(20)14-22-16-8-6-4-7-9-16/h4,6-9,15,18,20H,2-3,5,10-14H2,1H3,(H,19,21)/t15-/m0/s1. The largest absolute Gasteiger partial charge is 0.491 e. The Morgan fingerprint density at radius 2 is 2.00 bits per heavy atom. The van der Waals surface area contributed by atoms with Gasteiger partial charge in [-0.2, -0.15) is 0 Å². The number of aliphatic hydroxyl groups excluding tert-OH is 1. The number of hydrogen-bond acceptors (Lipinski definition) is 4. The number of aliphatic hydroxyl groups is 1. The molecule has 0 aliphatic rings. The molecule has 0 fully saturated rings. The highest BCUT2D eigenvalue weighted by atomic mass is 16.5. The van der Waals surface area contributed by atoms with Crippen LogP contribution in [0.25, 0.3) is 0 Å². The van der Waals surface area contributed by atoms with E-state index in [9.17, 15) is 9.90 Å². The van der Waals surface area contributed by atoms with Crippen molar-refractivity contribution in [2.45, 2.75) is 38.7 Å². The van der Waals surface area contributed by atoms with Crippen molar-refractivity contribution in [1.29, 1.82) is 0 Å². The van der Waals surface area contributed by atoms with E-state index in [1.165, 1.54) is 0 Å². The molecule has 1 aromatic rings. The lowest BCUT2D eigenvalue weighted by atomic mass is 10.2. The molecule has 0 saturated heterocycles. The Bertz CT molecular complexity index is 398. The number of para-hydroxylation sites is 1. The molecular weight excluding hydrogens is 280 g/mol. The third kappa shape index (κ3) is 9.37. The summed E-state index contributed by atoms with van der Waals surface area (Å²) in [6.45, 7) is 4.03. The highest BCUT2D eigenvalue weighted by Gasteiger charge is 2.05. The van der Waals surface area contributed by atoms with Gasteiger partial charge in [-0.05, 0) is 18.6 Å². The van der Waals surface area contributed by atoms with Crippen molar-refractivity contribution in [3.8, 4) is 5.75 Å². The highest BCUT2D eigenvalue weighted by molar-refractivity contribution is 5.75. The molecule has 0 bridgehead atoms. The van der Waals surface area contributed by atoms with Crippen molar-refractivity contribution >= 4 is 5.91 Å². The van der Waals surface area contributed by atoms with Gasteiger partial charge in [-0.3, -0.25) is 4.79 Å². The number of rotatable bonds is 12. The summed E-state index contributed by atoms with van der Waals surface area (Å²) in [7, 11) is 0. The number of carbonyl (C=O) groups excluding carboxylic acids is 1. The van der Waals surface area contributed by atoms with Crippen LogP contribution in [-0.2, 0) is 4.79 Å². The number of hydrogen-bond donors (Lipinski definition) is 3. The van der Waals surface area contributed by atoms with Gasteiger partial charge in [0.25, 0.3) is 0 Å². The zero-order valence-electron chi connectivity index (χ0n) is 13.4. The SMILES string of the molecule is CCCCCC(=O)NCCNC[C@H](O)COc1ccccc1. The Kier molecular flexibility index (Phi) is 10.1. The minimum absolute atomic E-state index is 0.100. The summed E-state index contributed by atoms with van der Waals surface area (Å²) < 4.78 is 5.46. The van der Waals surface area contributed by atoms with Crippen LogP contribution in [0.5, 0.6) is 5.75 Å². The first-order valence-electron chi connectivity index (χ1n) is 8.05. The van der Waals surface area contributed by atoms with Gasteiger partial charge >= 0.3 is 0 Å². The summed E-state index contributed by atoms with van der Waals surface area (Å²) in [5.41, 5.74) is 0. The molecule has 0 heterocycles. The zero-order chi connectivity index (χ0) is 16.0. The Labute approximate surface area is 133 Å². The van der Waals surface area contributed by atoms with Crippen LogP contribution in [0.3, 0.4) is 0 Å². The smallest absolute Gasteiger partial charge is 0.220 e. The number of nitrogens with one attached hydrogen (secondary N) is 2. The molecule has 1 amide bonds. The van der Waals surface area contributed by atoms with Crippen molar-refractivity contribution in [1.82, 2.24) is 10.6 Å². The molecule has 0 unspecified atom stereocenters. The topological polar surface area (TPSA) is 70.6 Å². The summed E-state index contributed by atoms with van der Waals surface area (Å²) in [4.78, 5) is 11.5. The van der Waals surface area contributed by atoms with Gasteiger partial charge in [0.05, 0.1) is 0 Å². The van der Waals surface area contributed by atoms with E-state index in [-0.39, 0.29) is 12.5 Å². The highest BCUT2D eigenvalue weighted by Crippen LogP contribution is 2.08. The fraction of sp³-hybridized carbons (Fsp3) is 0.588. The maximum absolute atomic E-state index is 11.5. The average Bonchev–Trinajstić information content (AvgIpc) is 2.54. The number of benzene rings is 1. The van der Waals surface area contributed by atoms with Crippen molar-refractivity contribution in [2.24, 2.45) is 0 Å².